The first kappa shape index (κ1) is 15.9. The van der Waals surface area contributed by atoms with E-state index >= 15 is 0 Å². The Morgan fingerprint density at radius 2 is 1.91 bits per heavy atom. The number of fused-ring (bicyclic) bond motifs is 1. The predicted octanol–water partition coefficient (Wildman–Crippen LogP) is 2.54. The van der Waals surface area contributed by atoms with E-state index < -0.39 is 5.97 Å². The van der Waals surface area contributed by atoms with E-state index in [4.69, 9.17) is 5.11 Å². The number of carbonyl (C=O) groups excluding carboxylic acids is 1. The number of nitrogens with zero attached hydrogens (tertiary/aromatic N) is 1. The van der Waals surface area contributed by atoms with Crippen molar-refractivity contribution in [3.05, 3.63) is 42.1 Å². The molecule has 1 amide bonds. The summed E-state index contributed by atoms with van der Waals surface area (Å²) in [5.74, 6) is -0.802. The first-order chi connectivity index (χ1) is 10.7. The van der Waals surface area contributed by atoms with Crippen LogP contribution in [0.5, 0.6) is 0 Å². The molecule has 0 saturated carbocycles. The Labute approximate surface area is 129 Å². The van der Waals surface area contributed by atoms with Crippen molar-refractivity contribution in [2.45, 2.75) is 32.1 Å². The number of nitrogens with one attached hydrogen (secondary N) is 1. The molecule has 0 bridgehead atoms. The lowest BCUT2D eigenvalue weighted by Gasteiger charge is -2.07. The first-order valence-corrected chi connectivity index (χ1v) is 7.48. The van der Waals surface area contributed by atoms with Gasteiger partial charge in [0.05, 0.1) is 11.9 Å². The molecule has 2 N–H and O–H groups in total. The third-order valence-electron chi connectivity index (χ3n) is 3.46. The number of carboxylic acids is 1. The van der Waals surface area contributed by atoms with Crippen LogP contribution in [0.25, 0.3) is 10.9 Å². The zero-order chi connectivity index (χ0) is 15.8. The van der Waals surface area contributed by atoms with Crippen LogP contribution in [0.2, 0.25) is 0 Å². The van der Waals surface area contributed by atoms with E-state index in [1.807, 2.05) is 30.3 Å². The highest BCUT2D eigenvalue weighted by molar-refractivity contribution is 5.87. The molecule has 1 aromatic heterocycles. The van der Waals surface area contributed by atoms with E-state index in [0.29, 0.717) is 19.4 Å². The Kier molecular flexibility index (Phi) is 5.89. The van der Waals surface area contributed by atoms with Crippen molar-refractivity contribution >= 4 is 22.8 Å². The number of aliphatic carboxylic acids is 1. The summed E-state index contributed by atoms with van der Waals surface area (Å²) < 4.78 is 0. The summed E-state index contributed by atoms with van der Waals surface area (Å²) in [7, 11) is 0. The topological polar surface area (TPSA) is 79.3 Å². The van der Waals surface area contributed by atoms with Gasteiger partial charge in [-0.3, -0.25) is 14.6 Å². The maximum Gasteiger partial charge on any atom is 0.303 e. The highest BCUT2D eigenvalue weighted by Gasteiger charge is 2.07. The maximum absolute atomic E-state index is 12.0. The average molecular weight is 300 g/mol. The molecule has 5 nitrogen and oxygen atoms in total. The summed E-state index contributed by atoms with van der Waals surface area (Å²) in [6.45, 7) is 0.580. The monoisotopic (exact) mass is 300 g/mol. The molecular formula is C17H20N2O3. The molecule has 0 saturated heterocycles. The minimum atomic E-state index is -0.771. The van der Waals surface area contributed by atoms with Crippen molar-refractivity contribution in [1.29, 1.82) is 0 Å². The molecule has 0 aliphatic carbocycles. The molecule has 22 heavy (non-hydrogen) atoms. The number of hydrogen-bond donors (Lipinski definition) is 2. The van der Waals surface area contributed by atoms with Gasteiger partial charge in [-0.1, -0.05) is 30.7 Å². The number of rotatable bonds is 8. The van der Waals surface area contributed by atoms with Gasteiger partial charge in [0.2, 0.25) is 5.91 Å². The van der Waals surface area contributed by atoms with Crippen LogP contribution in [0.3, 0.4) is 0 Å². The minimum absolute atomic E-state index is 0.0311. The second kappa shape index (κ2) is 8.12. The molecule has 0 aliphatic heterocycles. The van der Waals surface area contributed by atoms with Crippen LogP contribution in [0.1, 0.15) is 31.2 Å². The molecule has 0 atom stereocenters. The first-order valence-electron chi connectivity index (χ1n) is 7.48. The number of hydrogen-bond acceptors (Lipinski definition) is 3. The summed E-state index contributed by atoms with van der Waals surface area (Å²) in [5, 5.41) is 12.4. The third-order valence-corrected chi connectivity index (χ3v) is 3.46. The van der Waals surface area contributed by atoms with Gasteiger partial charge in [0.1, 0.15) is 0 Å². The largest absolute Gasteiger partial charge is 0.481 e. The minimum Gasteiger partial charge on any atom is -0.481 e. The third kappa shape index (κ3) is 4.84. The van der Waals surface area contributed by atoms with E-state index in [-0.39, 0.29) is 12.3 Å². The zero-order valence-electron chi connectivity index (χ0n) is 12.4. The molecule has 0 unspecified atom stereocenters. The Balaban J connectivity index is 1.78. The quantitative estimate of drug-likeness (QED) is 0.734. The van der Waals surface area contributed by atoms with Crippen molar-refractivity contribution in [2.24, 2.45) is 0 Å². The van der Waals surface area contributed by atoms with Gasteiger partial charge in [-0.25, -0.2) is 0 Å². The molecule has 0 aliphatic rings. The molecule has 0 fully saturated rings. The fourth-order valence-electron chi connectivity index (χ4n) is 2.35. The van der Waals surface area contributed by atoms with Crippen LogP contribution in [0.4, 0.5) is 0 Å². The Morgan fingerprint density at radius 3 is 2.73 bits per heavy atom. The lowest BCUT2D eigenvalue weighted by molar-refractivity contribution is -0.137. The van der Waals surface area contributed by atoms with E-state index in [0.717, 1.165) is 29.3 Å². The number of carbonyl (C=O) groups is 2. The molecular weight excluding hydrogens is 280 g/mol. The highest BCUT2D eigenvalue weighted by Crippen LogP contribution is 2.16. The summed E-state index contributed by atoms with van der Waals surface area (Å²) in [6, 6.07) is 9.68. The molecule has 1 heterocycles. The number of pyridine rings is 1. The molecule has 0 spiro atoms. The van der Waals surface area contributed by atoms with Crippen LogP contribution in [-0.4, -0.2) is 28.5 Å². The van der Waals surface area contributed by atoms with Gasteiger partial charge in [0, 0.05) is 24.5 Å². The second-order valence-corrected chi connectivity index (χ2v) is 5.22. The summed E-state index contributed by atoms with van der Waals surface area (Å²) in [6.07, 6.45) is 4.49. The molecule has 2 aromatic rings. The standard InChI is InChI=1S/C17H20N2O3/c20-15(18-10-3-1-2-9-16(21)22)12-14-7-4-6-13-8-5-11-19-17(13)14/h4-8,11H,1-3,9-10,12H2,(H,18,20)(H,21,22). The van der Waals surface area contributed by atoms with Crippen molar-refractivity contribution in [1.82, 2.24) is 10.3 Å². The molecule has 1 aromatic carbocycles. The van der Waals surface area contributed by atoms with E-state index in [2.05, 4.69) is 10.3 Å². The summed E-state index contributed by atoms with van der Waals surface area (Å²) in [4.78, 5) is 26.7. The van der Waals surface area contributed by atoms with Crippen LogP contribution >= 0.6 is 0 Å². The van der Waals surface area contributed by atoms with Crippen molar-refractivity contribution in [3.8, 4) is 0 Å². The molecule has 5 heteroatoms. The number of amides is 1. The van der Waals surface area contributed by atoms with Crippen molar-refractivity contribution in [2.75, 3.05) is 6.54 Å². The van der Waals surface area contributed by atoms with E-state index in [1.165, 1.54) is 0 Å². The van der Waals surface area contributed by atoms with Gasteiger partial charge in [0.15, 0.2) is 0 Å². The SMILES string of the molecule is O=C(O)CCCCCNC(=O)Cc1cccc2cccnc12. The number of unbranched alkanes of at least 4 members (excludes halogenated alkanes) is 2. The maximum atomic E-state index is 12.0. The van der Waals surface area contributed by atoms with Crippen LogP contribution in [0.15, 0.2) is 36.5 Å². The average Bonchev–Trinajstić information content (AvgIpc) is 2.51. The number of aromatic nitrogens is 1. The smallest absolute Gasteiger partial charge is 0.303 e. The van der Waals surface area contributed by atoms with Gasteiger partial charge in [-0.05, 0) is 24.5 Å². The van der Waals surface area contributed by atoms with E-state index in [1.54, 1.807) is 6.20 Å². The Morgan fingerprint density at radius 1 is 1.09 bits per heavy atom. The number of carboxylic acid groups (broad SMARTS) is 1. The summed E-state index contributed by atoms with van der Waals surface area (Å²) >= 11 is 0. The van der Waals surface area contributed by atoms with Crippen molar-refractivity contribution in [3.63, 3.8) is 0 Å². The normalized spacial score (nSPS) is 10.5. The van der Waals surface area contributed by atoms with Crippen LogP contribution in [0, 0.1) is 0 Å². The second-order valence-electron chi connectivity index (χ2n) is 5.22. The van der Waals surface area contributed by atoms with Crippen LogP contribution < -0.4 is 5.32 Å². The Hall–Kier alpha value is -2.43. The van der Waals surface area contributed by atoms with Crippen LogP contribution in [-0.2, 0) is 16.0 Å². The van der Waals surface area contributed by atoms with Gasteiger partial charge < -0.3 is 10.4 Å². The fourth-order valence-corrected chi connectivity index (χ4v) is 2.35. The number of benzene rings is 1. The van der Waals surface area contributed by atoms with Gasteiger partial charge in [0.25, 0.3) is 0 Å². The van der Waals surface area contributed by atoms with Crippen molar-refractivity contribution < 1.29 is 14.7 Å². The molecule has 0 radical (unpaired) electrons. The lowest BCUT2D eigenvalue weighted by Crippen LogP contribution is -2.26. The highest BCUT2D eigenvalue weighted by atomic mass is 16.4. The number of para-hydroxylation sites is 1. The van der Waals surface area contributed by atoms with Gasteiger partial charge in [-0.2, -0.15) is 0 Å². The predicted molar refractivity (Wildman–Crippen MR) is 84.6 cm³/mol. The Bertz CT molecular complexity index is 650. The molecule has 116 valence electrons. The lowest BCUT2D eigenvalue weighted by atomic mass is 10.1. The van der Waals surface area contributed by atoms with Gasteiger partial charge in [-0.15, -0.1) is 0 Å². The molecule has 2 rings (SSSR count). The van der Waals surface area contributed by atoms with E-state index in [9.17, 15) is 9.59 Å². The van der Waals surface area contributed by atoms with Gasteiger partial charge >= 0.3 is 5.97 Å². The summed E-state index contributed by atoms with van der Waals surface area (Å²) in [5.41, 5.74) is 1.78. The zero-order valence-corrected chi connectivity index (χ0v) is 12.4. The fraction of sp³-hybridized carbons (Fsp3) is 0.353.